The van der Waals surface area contributed by atoms with Crippen LogP contribution in [0.5, 0.6) is 0 Å². The van der Waals surface area contributed by atoms with Gasteiger partial charge in [-0.15, -0.1) is 0 Å². The number of aliphatic hydroxyl groups excluding tert-OH is 1. The van der Waals surface area contributed by atoms with Crippen LogP contribution < -0.4 is 5.32 Å². The third kappa shape index (κ3) is 5.96. The van der Waals surface area contributed by atoms with Crippen molar-refractivity contribution >= 4 is 0 Å². The van der Waals surface area contributed by atoms with Crippen LogP contribution in [-0.4, -0.2) is 42.8 Å². The van der Waals surface area contributed by atoms with E-state index in [2.05, 4.69) is 35.9 Å². The van der Waals surface area contributed by atoms with E-state index in [9.17, 15) is 0 Å². The molecule has 1 aromatic rings. The zero-order valence-electron chi connectivity index (χ0n) is 11.2. The lowest BCUT2D eigenvalue weighted by molar-refractivity contribution is 0.200. The molecule has 3 heteroatoms. The van der Waals surface area contributed by atoms with Gasteiger partial charge < -0.3 is 10.4 Å². The summed E-state index contributed by atoms with van der Waals surface area (Å²) in [4.78, 5) is 2.22. The molecule has 0 saturated carbocycles. The summed E-state index contributed by atoms with van der Waals surface area (Å²) in [6.45, 7) is 10.5. The van der Waals surface area contributed by atoms with Gasteiger partial charge in [0, 0.05) is 26.2 Å². The Morgan fingerprint density at radius 1 is 1.33 bits per heavy atom. The second kappa shape index (κ2) is 8.86. The van der Waals surface area contributed by atoms with Gasteiger partial charge in [0.1, 0.15) is 0 Å². The first kappa shape index (κ1) is 14.9. The molecular formula is C15H24N2O. The van der Waals surface area contributed by atoms with Crippen LogP contribution >= 0.6 is 0 Å². The summed E-state index contributed by atoms with van der Waals surface area (Å²) in [5.41, 5.74) is 2.42. The van der Waals surface area contributed by atoms with Crippen LogP contribution in [0, 0.1) is 0 Å². The van der Waals surface area contributed by atoms with E-state index in [0.717, 1.165) is 31.8 Å². The van der Waals surface area contributed by atoms with Crippen LogP contribution in [0.4, 0.5) is 0 Å². The molecule has 2 N–H and O–H groups in total. The summed E-state index contributed by atoms with van der Waals surface area (Å²) in [7, 11) is 0. The molecule has 100 valence electrons. The fourth-order valence-corrected chi connectivity index (χ4v) is 1.87. The Bertz CT molecular complexity index is 338. The van der Waals surface area contributed by atoms with Crippen molar-refractivity contribution in [2.24, 2.45) is 0 Å². The molecule has 0 saturated heterocycles. The van der Waals surface area contributed by atoms with Crippen LogP contribution in [0.3, 0.4) is 0 Å². The number of likely N-dealkylation sites (N-methyl/N-ethyl adjacent to an activating group) is 1. The van der Waals surface area contributed by atoms with Crippen LogP contribution in [-0.2, 0) is 6.54 Å². The topological polar surface area (TPSA) is 35.5 Å². The molecular weight excluding hydrogens is 224 g/mol. The first-order chi connectivity index (χ1) is 8.76. The molecule has 0 atom stereocenters. The molecule has 0 spiro atoms. The fraction of sp³-hybridized carbons (Fsp3) is 0.467. The molecule has 3 nitrogen and oxygen atoms in total. The molecule has 0 aromatic heterocycles. The van der Waals surface area contributed by atoms with Crippen molar-refractivity contribution in [2.45, 2.75) is 13.5 Å². The monoisotopic (exact) mass is 248 g/mol. The van der Waals surface area contributed by atoms with Gasteiger partial charge in [-0.25, -0.2) is 0 Å². The van der Waals surface area contributed by atoms with Gasteiger partial charge in [0.15, 0.2) is 0 Å². The van der Waals surface area contributed by atoms with Crippen molar-refractivity contribution in [3.05, 3.63) is 48.0 Å². The van der Waals surface area contributed by atoms with Gasteiger partial charge in [-0.3, -0.25) is 4.90 Å². The molecule has 0 amide bonds. The SMILES string of the molecule is C=C(CNCC)CN(CCO)Cc1ccccc1. The van der Waals surface area contributed by atoms with E-state index >= 15 is 0 Å². The lowest BCUT2D eigenvalue weighted by Gasteiger charge is -2.22. The second-order valence-corrected chi connectivity index (χ2v) is 4.45. The number of nitrogens with zero attached hydrogens (tertiary/aromatic N) is 1. The number of aliphatic hydroxyl groups is 1. The van der Waals surface area contributed by atoms with Crippen molar-refractivity contribution in [3.63, 3.8) is 0 Å². The first-order valence-corrected chi connectivity index (χ1v) is 6.50. The van der Waals surface area contributed by atoms with Crippen LogP contribution in [0.2, 0.25) is 0 Å². The summed E-state index contributed by atoms with van der Waals surface area (Å²) in [5.74, 6) is 0. The van der Waals surface area contributed by atoms with Gasteiger partial charge in [0.05, 0.1) is 6.61 Å². The average Bonchev–Trinajstić information content (AvgIpc) is 2.38. The molecule has 0 aliphatic rings. The molecule has 18 heavy (non-hydrogen) atoms. The molecule has 1 aromatic carbocycles. The summed E-state index contributed by atoms with van der Waals surface area (Å²) in [6, 6.07) is 10.3. The van der Waals surface area contributed by atoms with E-state index in [4.69, 9.17) is 5.11 Å². The second-order valence-electron chi connectivity index (χ2n) is 4.45. The van der Waals surface area contributed by atoms with Crippen LogP contribution in [0.25, 0.3) is 0 Å². The van der Waals surface area contributed by atoms with Crippen molar-refractivity contribution in [3.8, 4) is 0 Å². The maximum Gasteiger partial charge on any atom is 0.0558 e. The van der Waals surface area contributed by atoms with Gasteiger partial charge in [-0.05, 0) is 17.7 Å². The predicted octanol–water partition coefficient (Wildman–Crippen LogP) is 1.65. The molecule has 0 aliphatic heterocycles. The lowest BCUT2D eigenvalue weighted by atomic mass is 10.2. The maximum absolute atomic E-state index is 9.12. The normalized spacial score (nSPS) is 10.8. The molecule has 0 fully saturated rings. The maximum atomic E-state index is 9.12. The molecule has 0 aliphatic carbocycles. The van der Waals surface area contributed by atoms with E-state index in [0.29, 0.717) is 6.54 Å². The standard InChI is InChI=1S/C15H24N2O/c1-3-16-11-14(2)12-17(9-10-18)13-15-7-5-4-6-8-15/h4-8,16,18H,2-3,9-13H2,1H3. The Kier molecular flexibility index (Phi) is 7.34. The average molecular weight is 248 g/mol. The summed E-state index contributed by atoms with van der Waals surface area (Å²) in [5, 5.41) is 12.4. The zero-order chi connectivity index (χ0) is 13.2. The number of hydrogen-bond acceptors (Lipinski definition) is 3. The third-order valence-corrected chi connectivity index (χ3v) is 2.74. The van der Waals surface area contributed by atoms with Gasteiger partial charge in [-0.2, -0.15) is 0 Å². The van der Waals surface area contributed by atoms with E-state index in [1.54, 1.807) is 0 Å². The van der Waals surface area contributed by atoms with Gasteiger partial charge >= 0.3 is 0 Å². The third-order valence-electron chi connectivity index (χ3n) is 2.74. The molecule has 1 rings (SSSR count). The lowest BCUT2D eigenvalue weighted by Crippen LogP contribution is -2.31. The summed E-state index contributed by atoms with van der Waals surface area (Å²) < 4.78 is 0. The number of hydrogen-bond donors (Lipinski definition) is 2. The molecule has 0 unspecified atom stereocenters. The highest BCUT2D eigenvalue weighted by Crippen LogP contribution is 2.06. The number of nitrogens with one attached hydrogen (secondary N) is 1. The fourth-order valence-electron chi connectivity index (χ4n) is 1.87. The zero-order valence-corrected chi connectivity index (χ0v) is 11.2. The number of rotatable bonds is 9. The van der Waals surface area contributed by atoms with Crippen molar-refractivity contribution < 1.29 is 5.11 Å². The van der Waals surface area contributed by atoms with Crippen molar-refractivity contribution in [1.82, 2.24) is 10.2 Å². The Morgan fingerprint density at radius 2 is 2.06 bits per heavy atom. The first-order valence-electron chi connectivity index (χ1n) is 6.50. The van der Waals surface area contributed by atoms with E-state index in [1.807, 2.05) is 18.2 Å². The molecule has 0 radical (unpaired) electrons. The van der Waals surface area contributed by atoms with Gasteiger partial charge in [0.25, 0.3) is 0 Å². The van der Waals surface area contributed by atoms with E-state index in [1.165, 1.54) is 5.56 Å². The van der Waals surface area contributed by atoms with Gasteiger partial charge in [0.2, 0.25) is 0 Å². The highest BCUT2D eigenvalue weighted by Gasteiger charge is 2.06. The largest absolute Gasteiger partial charge is 0.395 e. The highest BCUT2D eigenvalue weighted by molar-refractivity contribution is 5.15. The predicted molar refractivity (Wildman–Crippen MR) is 76.5 cm³/mol. The Balaban J connectivity index is 2.46. The Morgan fingerprint density at radius 3 is 2.67 bits per heavy atom. The number of benzene rings is 1. The Hall–Kier alpha value is -1.16. The van der Waals surface area contributed by atoms with Gasteiger partial charge in [-0.1, -0.05) is 43.8 Å². The smallest absolute Gasteiger partial charge is 0.0558 e. The van der Waals surface area contributed by atoms with Crippen LogP contribution in [0.15, 0.2) is 42.5 Å². The minimum absolute atomic E-state index is 0.182. The van der Waals surface area contributed by atoms with E-state index < -0.39 is 0 Å². The summed E-state index contributed by atoms with van der Waals surface area (Å²) >= 11 is 0. The molecule has 0 heterocycles. The molecule has 0 bridgehead atoms. The highest BCUT2D eigenvalue weighted by atomic mass is 16.3. The van der Waals surface area contributed by atoms with Crippen molar-refractivity contribution in [2.75, 3.05) is 32.8 Å². The minimum atomic E-state index is 0.182. The van der Waals surface area contributed by atoms with Crippen molar-refractivity contribution in [1.29, 1.82) is 0 Å². The minimum Gasteiger partial charge on any atom is -0.395 e. The quantitative estimate of drug-likeness (QED) is 0.652. The summed E-state index contributed by atoms with van der Waals surface area (Å²) in [6.07, 6.45) is 0. The van der Waals surface area contributed by atoms with Crippen LogP contribution in [0.1, 0.15) is 12.5 Å². The Labute approximate surface area is 110 Å². The van der Waals surface area contributed by atoms with E-state index in [-0.39, 0.29) is 6.61 Å².